The molecule has 0 radical (unpaired) electrons. The number of morpholine rings is 1. The second-order valence-electron chi connectivity index (χ2n) is 8.00. The van der Waals surface area contributed by atoms with Gasteiger partial charge in [-0.2, -0.15) is 30.6 Å². The number of hydrogen-bond donors (Lipinski definition) is 2. The molecule has 3 rings (SSSR count). The van der Waals surface area contributed by atoms with Crippen molar-refractivity contribution in [3.8, 4) is 0 Å². The lowest BCUT2D eigenvalue weighted by Crippen LogP contribution is -2.59. The molecule has 218 valence electrons. The summed E-state index contributed by atoms with van der Waals surface area (Å²) < 4.78 is 101. The smallest absolute Gasteiger partial charge is 0.475 e. The molecule has 2 aliphatic rings. The van der Waals surface area contributed by atoms with Crippen LogP contribution in [-0.4, -0.2) is 114 Å². The van der Waals surface area contributed by atoms with Gasteiger partial charge >= 0.3 is 24.3 Å². The van der Waals surface area contributed by atoms with Gasteiger partial charge in [0, 0.05) is 45.1 Å². The first-order chi connectivity index (χ1) is 17.4. The summed E-state index contributed by atoms with van der Waals surface area (Å²) in [5.41, 5.74) is 0.530. The molecule has 18 heteroatoms. The number of aromatic nitrogens is 1. The number of carboxylic acid groups (broad SMARTS) is 2. The summed E-state index contributed by atoms with van der Waals surface area (Å²) >= 11 is 0. The van der Waals surface area contributed by atoms with Gasteiger partial charge in [0.25, 0.3) is 0 Å². The number of nitrogens with zero attached hydrogens (tertiary/aromatic N) is 3. The summed E-state index contributed by atoms with van der Waals surface area (Å²) in [5, 5.41) is 14.2. The van der Waals surface area contributed by atoms with E-state index in [1.165, 1.54) is 0 Å². The first-order valence-electron chi connectivity index (χ1n) is 10.8. The van der Waals surface area contributed by atoms with Crippen LogP contribution in [-0.2, 0) is 35.6 Å². The molecule has 1 aromatic rings. The molecular weight excluding hydrogens is 556 g/mol. The van der Waals surface area contributed by atoms with Gasteiger partial charge in [-0.25, -0.2) is 18.0 Å². The van der Waals surface area contributed by atoms with Gasteiger partial charge in [0.15, 0.2) is 0 Å². The standard InChI is InChI=1S/C16H25N3O4S.2C2HF3O2/c1-2-24(20,21)19-7-9-23-16(13-19)12-18(6-8-22-14-16)11-15-4-3-5-17-10-15;2*3-2(4,5)1(6)7/h3-5,10H,2,6-9,11-14H2,1H3;2*(H,6,7). The Morgan fingerprint density at radius 1 is 1.05 bits per heavy atom. The highest BCUT2D eigenvalue weighted by molar-refractivity contribution is 7.89. The minimum Gasteiger partial charge on any atom is -0.475 e. The predicted molar refractivity (Wildman–Crippen MR) is 117 cm³/mol. The van der Waals surface area contributed by atoms with Gasteiger partial charge in [0.2, 0.25) is 10.0 Å². The van der Waals surface area contributed by atoms with Crippen LogP contribution >= 0.6 is 0 Å². The number of halogens is 6. The molecule has 2 fully saturated rings. The number of alkyl halides is 6. The van der Waals surface area contributed by atoms with Crippen molar-refractivity contribution >= 4 is 22.0 Å². The minimum atomic E-state index is -5.08. The van der Waals surface area contributed by atoms with Crippen LogP contribution in [0.4, 0.5) is 26.3 Å². The van der Waals surface area contributed by atoms with Crippen LogP contribution in [0.1, 0.15) is 12.5 Å². The topological polar surface area (TPSA) is 147 Å². The molecule has 1 spiro atoms. The summed E-state index contributed by atoms with van der Waals surface area (Å²) in [4.78, 5) is 24.2. The first kappa shape index (κ1) is 33.5. The Kier molecular flexibility index (Phi) is 12.4. The third-order valence-electron chi connectivity index (χ3n) is 5.01. The van der Waals surface area contributed by atoms with Gasteiger partial charge in [-0.3, -0.25) is 9.88 Å². The van der Waals surface area contributed by atoms with E-state index in [9.17, 15) is 34.8 Å². The predicted octanol–water partition coefficient (Wildman–Crippen LogP) is 1.60. The van der Waals surface area contributed by atoms with E-state index in [2.05, 4.69) is 9.88 Å². The van der Waals surface area contributed by atoms with E-state index in [-0.39, 0.29) is 5.75 Å². The highest BCUT2D eigenvalue weighted by atomic mass is 32.2. The molecule has 1 unspecified atom stereocenters. The lowest BCUT2D eigenvalue weighted by molar-refractivity contribution is -0.193. The molecule has 38 heavy (non-hydrogen) atoms. The normalized spacial score (nSPS) is 21.3. The van der Waals surface area contributed by atoms with Crippen LogP contribution in [0.15, 0.2) is 24.5 Å². The summed E-state index contributed by atoms with van der Waals surface area (Å²) in [5.74, 6) is -5.40. The second kappa shape index (κ2) is 14.0. The molecule has 0 aliphatic carbocycles. The molecule has 0 aromatic carbocycles. The maximum atomic E-state index is 12.2. The van der Waals surface area contributed by atoms with E-state index in [4.69, 9.17) is 29.3 Å². The van der Waals surface area contributed by atoms with Gasteiger partial charge in [-0.15, -0.1) is 0 Å². The average Bonchev–Trinajstić information content (AvgIpc) is 3.01. The fraction of sp³-hybridized carbons (Fsp3) is 0.650. The van der Waals surface area contributed by atoms with E-state index in [0.29, 0.717) is 39.5 Å². The molecule has 0 saturated carbocycles. The van der Waals surface area contributed by atoms with E-state index in [1.54, 1.807) is 17.4 Å². The van der Waals surface area contributed by atoms with Crippen LogP contribution in [0, 0.1) is 0 Å². The molecule has 1 aromatic heterocycles. The largest absolute Gasteiger partial charge is 0.490 e. The monoisotopic (exact) mass is 583 g/mol. The van der Waals surface area contributed by atoms with Crippen LogP contribution in [0.2, 0.25) is 0 Å². The molecule has 0 bridgehead atoms. The van der Waals surface area contributed by atoms with Crippen LogP contribution < -0.4 is 0 Å². The third kappa shape index (κ3) is 11.5. The number of sulfonamides is 1. The quantitative estimate of drug-likeness (QED) is 0.501. The number of aliphatic carboxylic acids is 2. The van der Waals surface area contributed by atoms with Crippen molar-refractivity contribution in [2.24, 2.45) is 0 Å². The highest BCUT2D eigenvalue weighted by Crippen LogP contribution is 2.25. The maximum absolute atomic E-state index is 12.2. The first-order valence-corrected chi connectivity index (χ1v) is 12.4. The van der Waals surface area contributed by atoms with Crippen molar-refractivity contribution in [3.05, 3.63) is 30.1 Å². The Balaban J connectivity index is 0.000000426. The van der Waals surface area contributed by atoms with Crippen molar-refractivity contribution in [3.63, 3.8) is 0 Å². The van der Waals surface area contributed by atoms with Gasteiger partial charge in [-0.1, -0.05) is 6.07 Å². The fourth-order valence-corrected chi connectivity index (χ4v) is 4.43. The Morgan fingerprint density at radius 3 is 2.11 bits per heavy atom. The Labute approximate surface area is 214 Å². The molecule has 11 nitrogen and oxygen atoms in total. The lowest BCUT2D eigenvalue weighted by atomic mass is 10.0. The number of rotatable bonds is 4. The van der Waals surface area contributed by atoms with E-state index in [0.717, 1.165) is 18.7 Å². The van der Waals surface area contributed by atoms with Gasteiger partial charge in [0.1, 0.15) is 5.60 Å². The molecule has 2 saturated heterocycles. The fourth-order valence-electron chi connectivity index (χ4n) is 3.28. The number of carboxylic acids is 2. The van der Waals surface area contributed by atoms with Crippen LogP contribution in [0.5, 0.6) is 0 Å². The molecule has 1 atom stereocenters. The zero-order valence-corrected chi connectivity index (χ0v) is 20.9. The van der Waals surface area contributed by atoms with E-state index >= 15 is 0 Å². The molecule has 2 N–H and O–H groups in total. The van der Waals surface area contributed by atoms with Crippen molar-refractivity contribution in [1.82, 2.24) is 14.2 Å². The van der Waals surface area contributed by atoms with Gasteiger partial charge in [0.05, 0.1) is 25.6 Å². The van der Waals surface area contributed by atoms with Gasteiger partial charge < -0.3 is 19.7 Å². The lowest BCUT2D eigenvalue weighted by Gasteiger charge is -2.42. The van der Waals surface area contributed by atoms with Crippen molar-refractivity contribution in [1.29, 1.82) is 0 Å². The summed E-state index contributed by atoms with van der Waals surface area (Å²) in [6, 6.07) is 3.97. The average molecular weight is 584 g/mol. The number of hydrogen-bond acceptors (Lipinski definition) is 8. The summed E-state index contributed by atoms with van der Waals surface area (Å²) in [6.45, 7) is 6.09. The second-order valence-corrected chi connectivity index (χ2v) is 10.3. The molecule has 0 amide bonds. The SMILES string of the molecule is CCS(=O)(=O)N1CCOC2(COCCN(Cc3cccnc3)C2)C1.O=C(O)C(F)(F)F.O=C(O)C(F)(F)F. The third-order valence-corrected chi connectivity index (χ3v) is 6.84. The van der Waals surface area contributed by atoms with Crippen molar-refractivity contribution in [2.75, 3.05) is 51.8 Å². The summed E-state index contributed by atoms with van der Waals surface area (Å²) in [7, 11) is -3.22. The van der Waals surface area contributed by atoms with Crippen LogP contribution in [0.25, 0.3) is 0 Å². The van der Waals surface area contributed by atoms with Crippen molar-refractivity contribution in [2.45, 2.75) is 31.4 Å². The molecular formula is C20H27F6N3O8S. The number of carbonyl (C=O) groups is 2. The van der Waals surface area contributed by atoms with E-state index < -0.39 is 39.9 Å². The van der Waals surface area contributed by atoms with E-state index in [1.807, 2.05) is 18.3 Å². The highest BCUT2D eigenvalue weighted by Gasteiger charge is 2.43. The van der Waals surface area contributed by atoms with Crippen molar-refractivity contribution < 1.29 is 64.0 Å². The minimum absolute atomic E-state index is 0.114. The Morgan fingerprint density at radius 2 is 1.63 bits per heavy atom. The zero-order valence-electron chi connectivity index (χ0n) is 20.0. The Hall–Kier alpha value is -2.54. The maximum Gasteiger partial charge on any atom is 0.490 e. The zero-order chi connectivity index (χ0) is 29.2. The van der Waals surface area contributed by atoms with Crippen LogP contribution in [0.3, 0.4) is 0 Å². The number of pyridine rings is 1. The van der Waals surface area contributed by atoms with Gasteiger partial charge in [-0.05, 0) is 18.6 Å². The Bertz CT molecular complexity index is 986. The summed E-state index contributed by atoms with van der Waals surface area (Å²) in [6.07, 6.45) is -6.55. The molecule has 3 heterocycles. The number of ether oxygens (including phenoxy) is 2. The molecule has 2 aliphatic heterocycles.